The maximum atomic E-state index is 14.8. The van der Waals surface area contributed by atoms with Crippen molar-refractivity contribution in [3.8, 4) is 27.3 Å². The largest absolute Gasteiger partial charge is 0.508 e. The maximum Gasteiger partial charge on any atom is 0.508 e. The van der Waals surface area contributed by atoms with Crippen LogP contribution in [0.4, 0.5) is 9.18 Å². The number of thiophene rings is 1. The van der Waals surface area contributed by atoms with E-state index in [1.807, 2.05) is 40.7 Å². The van der Waals surface area contributed by atoms with E-state index in [-0.39, 0.29) is 30.4 Å². The molecule has 0 bridgehead atoms. The van der Waals surface area contributed by atoms with E-state index >= 15 is 0 Å². The van der Waals surface area contributed by atoms with E-state index in [2.05, 4.69) is 4.74 Å². The van der Waals surface area contributed by atoms with E-state index < -0.39 is 36.5 Å². The van der Waals surface area contributed by atoms with Crippen LogP contribution in [0, 0.1) is 5.82 Å². The normalized spacial score (nSPS) is 18.8. The quantitative estimate of drug-likeness (QED) is 0.284. The first-order chi connectivity index (χ1) is 19.9. The third-order valence-electron chi connectivity index (χ3n) is 7.57. The molecule has 0 saturated carbocycles. The molecule has 2 aromatic carbocycles. The van der Waals surface area contributed by atoms with Crippen LogP contribution >= 0.6 is 11.3 Å². The lowest BCUT2D eigenvalue weighted by Crippen LogP contribution is -2.66. The molecule has 208 valence electrons. The molecule has 3 aliphatic rings. The van der Waals surface area contributed by atoms with Crippen molar-refractivity contribution in [1.29, 1.82) is 0 Å². The highest BCUT2D eigenvalue weighted by Crippen LogP contribution is 2.50. The second kappa shape index (κ2) is 9.75. The Morgan fingerprint density at radius 1 is 1.07 bits per heavy atom. The number of benzene rings is 2. The topological polar surface area (TPSA) is 111 Å². The second-order valence-corrected chi connectivity index (χ2v) is 10.6. The number of fused-ring (bicyclic) bond motifs is 7. The highest BCUT2D eigenvalue weighted by atomic mass is 32.1. The van der Waals surface area contributed by atoms with Crippen LogP contribution in [0.1, 0.15) is 27.7 Å². The molecule has 2 atom stereocenters. The minimum absolute atomic E-state index is 0.0650. The number of hydrogen-bond donors (Lipinski definition) is 1. The first-order valence-electron chi connectivity index (χ1n) is 12.8. The van der Waals surface area contributed by atoms with Gasteiger partial charge < -0.3 is 24.2 Å². The van der Waals surface area contributed by atoms with E-state index in [0.29, 0.717) is 6.61 Å². The number of nitrogens with zero attached hydrogens (tertiary/aromatic N) is 3. The molecule has 0 radical (unpaired) electrons. The Labute approximate surface area is 236 Å². The lowest BCUT2D eigenvalue weighted by molar-refractivity contribution is -0.0205. The van der Waals surface area contributed by atoms with Crippen LogP contribution in [-0.4, -0.2) is 59.5 Å². The van der Waals surface area contributed by atoms with Crippen LogP contribution in [0.5, 0.6) is 5.75 Å². The lowest BCUT2D eigenvalue weighted by Gasteiger charge is -2.51. The lowest BCUT2D eigenvalue weighted by atomic mass is 9.92. The van der Waals surface area contributed by atoms with Gasteiger partial charge in [-0.2, -0.15) is 0 Å². The number of carbonyl (C=O) groups excluding carboxylic acids is 1. The third-order valence-corrected chi connectivity index (χ3v) is 8.52. The number of carboxylic acid groups (broad SMARTS) is 1. The van der Waals surface area contributed by atoms with Gasteiger partial charge in [0.25, 0.3) is 5.91 Å². The van der Waals surface area contributed by atoms with Crippen molar-refractivity contribution >= 4 is 23.4 Å². The molecular formula is C29H22FN3O7S. The van der Waals surface area contributed by atoms with Crippen LogP contribution in [0.3, 0.4) is 0 Å². The van der Waals surface area contributed by atoms with Gasteiger partial charge in [-0.05, 0) is 45.8 Å². The summed E-state index contributed by atoms with van der Waals surface area (Å²) in [6.45, 7) is -0.0273. The molecule has 1 N–H and O–H groups in total. The van der Waals surface area contributed by atoms with E-state index in [0.717, 1.165) is 32.7 Å². The minimum atomic E-state index is -1.58. The number of hydrogen-bond acceptors (Lipinski definition) is 8. The fourth-order valence-corrected chi connectivity index (χ4v) is 6.88. The van der Waals surface area contributed by atoms with Crippen molar-refractivity contribution in [3.05, 3.63) is 99.0 Å². The summed E-state index contributed by atoms with van der Waals surface area (Å²) >= 11 is 1.56. The molecule has 4 heterocycles. The van der Waals surface area contributed by atoms with Gasteiger partial charge in [-0.3, -0.25) is 19.3 Å². The number of pyridine rings is 1. The molecule has 1 saturated heterocycles. The molecular weight excluding hydrogens is 553 g/mol. The fraction of sp³-hybridized carbons (Fsp3) is 0.207. The van der Waals surface area contributed by atoms with Crippen molar-refractivity contribution in [2.24, 2.45) is 0 Å². The monoisotopic (exact) mass is 575 g/mol. The van der Waals surface area contributed by atoms with Gasteiger partial charge >= 0.3 is 6.16 Å². The van der Waals surface area contributed by atoms with Gasteiger partial charge in [0.05, 0.1) is 19.3 Å². The first kappa shape index (κ1) is 25.3. The average molecular weight is 576 g/mol. The highest BCUT2D eigenvalue weighted by Gasteiger charge is 2.46. The number of aromatic nitrogens is 1. The van der Waals surface area contributed by atoms with Gasteiger partial charge in [0.15, 0.2) is 5.69 Å². The van der Waals surface area contributed by atoms with Crippen molar-refractivity contribution in [2.45, 2.75) is 12.2 Å². The van der Waals surface area contributed by atoms with Crippen LogP contribution in [0.2, 0.25) is 0 Å². The third kappa shape index (κ3) is 3.98. The summed E-state index contributed by atoms with van der Waals surface area (Å²) < 4.78 is 32.1. The zero-order valence-electron chi connectivity index (χ0n) is 21.4. The fourth-order valence-electron chi connectivity index (χ4n) is 5.92. The van der Waals surface area contributed by atoms with Gasteiger partial charge in [0, 0.05) is 29.2 Å². The smallest absolute Gasteiger partial charge is 0.451 e. The summed E-state index contributed by atoms with van der Waals surface area (Å²) in [7, 11) is 0. The van der Waals surface area contributed by atoms with Crippen molar-refractivity contribution < 1.29 is 33.3 Å². The van der Waals surface area contributed by atoms with Gasteiger partial charge in [-0.25, -0.2) is 9.18 Å². The summed E-state index contributed by atoms with van der Waals surface area (Å²) in [5.41, 5.74) is 3.64. The Balaban J connectivity index is 1.50. The number of carbonyl (C=O) groups is 2. The van der Waals surface area contributed by atoms with Gasteiger partial charge in [-0.1, -0.05) is 30.3 Å². The van der Waals surface area contributed by atoms with E-state index in [4.69, 9.17) is 14.6 Å². The summed E-state index contributed by atoms with van der Waals surface area (Å²) in [6, 6.07) is 15.3. The SMILES string of the molecule is O=C(O)OCOc1c2n(ccc1=O)N([C@H]1c3ccc(F)cc3-c3ccsc3-c3ccccc31)[C@@H]1COCCN1C2=O. The number of amides is 1. The van der Waals surface area contributed by atoms with Crippen molar-refractivity contribution in [2.75, 3.05) is 31.6 Å². The van der Waals surface area contributed by atoms with Crippen molar-refractivity contribution in [1.82, 2.24) is 9.58 Å². The zero-order valence-corrected chi connectivity index (χ0v) is 22.2. The molecule has 41 heavy (non-hydrogen) atoms. The molecule has 0 spiro atoms. The number of ether oxygens (including phenoxy) is 3. The molecule has 2 aliphatic heterocycles. The molecule has 10 nitrogen and oxygen atoms in total. The second-order valence-electron chi connectivity index (χ2n) is 9.69. The molecule has 2 aromatic heterocycles. The standard InChI is InChI=1S/C29H22FN3O7S/c30-16-5-6-18-21(13-16)20-8-12-41-27(20)19-4-2-1-3-17(19)24(18)33-23-14-38-11-10-31(23)28(35)25-26(39-15-40-29(36)37)22(34)7-9-32(25)33/h1-9,12-13,23-24H,10-11,14-15H2,(H,36,37)/t23-,24-/m1/s1. The number of halogens is 1. The molecule has 4 aromatic rings. The summed E-state index contributed by atoms with van der Waals surface area (Å²) in [6.07, 6.45) is -0.664. The van der Waals surface area contributed by atoms with Crippen LogP contribution in [0.15, 0.2) is 71.0 Å². The maximum absolute atomic E-state index is 14.8. The first-order valence-corrected chi connectivity index (χ1v) is 13.7. The molecule has 12 heteroatoms. The summed E-state index contributed by atoms with van der Waals surface area (Å²) in [5.74, 6) is -1.16. The summed E-state index contributed by atoms with van der Waals surface area (Å²) in [5, 5.41) is 12.8. The van der Waals surface area contributed by atoms with Gasteiger partial charge in [-0.15, -0.1) is 11.3 Å². The zero-order chi connectivity index (χ0) is 28.2. The Kier molecular flexibility index (Phi) is 6.02. The predicted molar refractivity (Wildman–Crippen MR) is 146 cm³/mol. The molecule has 7 rings (SSSR count). The van der Waals surface area contributed by atoms with E-state index in [1.54, 1.807) is 27.0 Å². The Morgan fingerprint density at radius 3 is 2.76 bits per heavy atom. The van der Waals surface area contributed by atoms with Gasteiger partial charge in [0.2, 0.25) is 18.0 Å². The van der Waals surface area contributed by atoms with Crippen LogP contribution in [-0.2, 0) is 9.47 Å². The molecule has 1 amide bonds. The minimum Gasteiger partial charge on any atom is -0.451 e. The van der Waals surface area contributed by atoms with Crippen LogP contribution < -0.4 is 15.2 Å². The Morgan fingerprint density at radius 2 is 1.90 bits per heavy atom. The summed E-state index contributed by atoms with van der Waals surface area (Å²) in [4.78, 5) is 40.4. The predicted octanol–water partition coefficient (Wildman–Crippen LogP) is 4.27. The number of morpholine rings is 1. The number of rotatable bonds is 4. The molecule has 1 aliphatic carbocycles. The van der Waals surface area contributed by atoms with Crippen LogP contribution in [0.25, 0.3) is 21.6 Å². The Hall–Kier alpha value is -4.68. The van der Waals surface area contributed by atoms with Gasteiger partial charge in [0.1, 0.15) is 12.0 Å². The molecule has 0 unspecified atom stereocenters. The van der Waals surface area contributed by atoms with E-state index in [9.17, 15) is 18.8 Å². The van der Waals surface area contributed by atoms with Crippen molar-refractivity contribution in [3.63, 3.8) is 0 Å². The van der Waals surface area contributed by atoms with E-state index in [1.165, 1.54) is 24.4 Å². The Bertz CT molecular complexity index is 1770. The average Bonchev–Trinajstić information content (AvgIpc) is 3.43. The highest BCUT2D eigenvalue weighted by molar-refractivity contribution is 7.14. The molecule has 1 fully saturated rings.